The second kappa shape index (κ2) is 7.87. The van der Waals surface area contributed by atoms with Crippen LogP contribution >= 0.6 is 23.6 Å². The maximum atomic E-state index is 12.3. The number of nitrogens with one attached hydrogen (secondary N) is 2. The van der Waals surface area contributed by atoms with Gasteiger partial charge in [-0.3, -0.25) is 0 Å². The number of carbonyl (C=O) groups excluding carboxylic acids is 2. The van der Waals surface area contributed by atoms with Crippen molar-refractivity contribution in [1.29, 1.82) is 0 Å². The van der Waals surface area contributed by atoms with Crippen molar-refractivity contribution in [1.82, 2.24) is 5.32 Å². The molecule has 4 saturated carbocycles. The van der Waals surface area contributed by atoms with E-state index in [1.807, 2.05) is 0 Å². The molecule has 8 heteroatoms. The van der Waals surface area contributed by atoms with Crippen molar-refractivity contribution in [3.8, 4) is 0 Å². The Kier molecular flexibility index (Phi) is 5.59. The monoisotopic (exact) mass is 436 g/mol. The van der Waals surface area contributed by atoms with Crippen LogP contribution in [-0.4, -0.2) is 37.8 Å². The van der Waals surface area contributed by atoms with Crippen LogP contribution in [0.3, 0.4) is 0 Å². The highest BCUT2D eigenvalue weighted by Gasteiger charge is 2.50. The van der Waals surface area contributed by atoms with E-state index in [4.69, 9.17) is 21.7 Å². The SMILES string of the molecule is COC(=O)c1sc(NC(=S)NCC23CC4CC(CC(C4)C2)C3)c(C(=O)OC)c1C. The summed E-state index contributed by atoms with van der Waals surface area (Å²) in [5.74, 6) is 1.69. The molecule has 158 valence electrons. The quantitative estimate of drug-likeness (QED) is 0.531. The number of esters is 2. The number of methoxy groups -OCH3 is 2. The van der Waals surface area contributed by atoms with Gasteiger partial charge in [-0.2, -0.15) is 0 Å². The molecule has 1 heterocycles. The summed E-state index contributed by atoms with van der Waals surface area (Å²) in [6.07, 6.45) is 8.13. The lowest BCUT2D eigenvalue weighted by Crippen LogP contribution is -2.51. The lowest BCUT2D eigenvalue weighted by Gasteiger charge is -2.57. The Morgan fingerprint density at radius 1 is 1.07 bits per heavy atom. The van der Waals surface area contributed by atoms with Crippen LogP contribution in [0.15, 0.2) is 0 Å². The van der Waals surface area contributed by atoms with Gasteiger partial charge in [0, 0.05) is 6.54 Å². The molecule has 29 heavy (non-hydrogen) atoms. The Bertz CT molecular complexity index is 813. The maximum absolute atomic E-state index is 12.3. The topological polar surface area (TPSA) is 76.7 Å². The van der Waals surface area contributed by atoms with E-state index in [0.29, 0.717) is 31.5 Å². The first-order valence-electron chi connectivity index (χ1n) is 10.2. The summed E-state index contributed by atoms with van der Waals surface area (Å²) in [6, 6.07) is 0. The highest BCUT2D eigenvalue weighted by atomic mass is 32.1. The molecule has 2 N–H and O–H groups in total. The molecule has 0 unspecified atom stereocenters. The molecule has 1 aromatic rings. The Labute approximate surface area is 180 Å². The Morgan fingerprint density at radius 3 is 2.14 bits per heavy atom. The fourth-order valence-corrected chi connectivity index (χ4v) is 7.51. The maximum Gasteiger partial charge on any atom is 0.348 e. The molecular weight excluding hydrogens is 408 g/mol. The van der Waals surface area contributed by atoms with E-state index in [1.165, 1.54) is 52.7 Å². The van der Waals surface area contributed by atoms with Crippen LogP contribution < -0.4 is 10.6 Å². The Balaban J connectivity index is 1.46. The predicted octanol–water partition coefficient (Wildman–Crippen LogP) is 4.13. The molecule has 0 atom stereocenters. The molecule has 5 rings (SSSR count). The van der Waals surface area contributed by atoms with Gasteiger partial charge in [0.25, 0.3) is 0 Å². The zero-order valence-corrected chi connectivity index (χ0v) is 18.8. The molecule has 4 aliphatic rings. The number of rotatable bonds is 5. The van der Waals surface area contributed by atoms with Gasteiger partial charge in [-0.05, 0) is 86.4 Å². The zero-order chi connectivity index (χ0) is 20.8. The van der Waals surface area contributed by atoms with Crippen molar-refractivity contribution in [2.24, 2.45) is 23.2 Å². The predicted molar refractivity (Wildman–Crippen MR) is 117 cm³/mol. The van der Waals surface area contributed by atoms with Crippen molar-refractivity contribution in [3.05, 3.63) is 16.0 Å². The summed E-state index contributed by atoms with van der Waals surface area (Å²) in [5.41, 5.74) is 1.23. The number of anilines is 1. The van der Waals surface area contributed by atoms with E-state index in [1.54, 1.807) is 6.92 Å². The third-order valence-electron chi connectivity index (χ3n) is 6.92. The van der Waals surface area contributed by atoms with Gasteiger partial charge in [-0.1, -0.05) is 0 Å². The van der Waals surface area contributed by atoms with Gasteiger partial charge < -0.3 is 20.1 Å². The number of thiocarbonyl (C=S) groups is 1. The van der Waals surface area contributed by atoms with Gasteiger partial charge in [-0.25, -0.2) is 9.59 Å². The lowest BCUT2D eigenvalue weighted by molar-refractivity contribution is -0.0490. The second-order valence-corrected chi connectivity index (χ2v) is 10.4. The number of ether oxygens (including phenoxy) is 2. The standard InChI is InChI=1S/C21H28N2O4S2/c1-11-15(18(24)26-2)17(29-16(11)19(25)27-3)23-20(28)22-10-21-7-12-4-13(8-21)6-14(5-12)9-21/h12-14H,4-10H2,1-3H3,(H2,22,23,28). The summed E-state index contributed by atoms with van der Waals surface area (Å²) in [7, 11) is 2.65. The number of hydrogen-bond acceptors (Lipinski definition) is 6. The third kappa shape index (κ3) is 3.89. The normalized spacial score (nSPS) is 29.4. The molecular formula is C21H28N2O4S2. The summed E-state index contributed by atoms with van der Waals surface area (Å²) in [6.45, 7) is 2.58. The third-order valence-corrected chi connectivity index (χ3v) is 8.36. The fourth-order valence-electron chi connectivity index (χ4n) is 6.16. The molecule has 0 saturated heterocycles. The molecule has 0 aliphatic heterocycles. The second-order valence-electron chi connectivity index (χ2n) is 8.97. The number of hydrogen-bond donors (Lipinski definition) is 2. The van der Waals surface area contributed by atoms with Crippen molar-refractivity contribution in [2.45, 2.75) is 45.4 Å². The smallest absolute Gasteiger partial charge is 0.348 e. The summed E-state index contributed by atoms with van der Waals surface area (Å²) < 4.78 is 9.73. The minimum absolute atomic E-state index is 0.330. The van der Waals surface area contributed by atoms with Gasteiger partial charge in [0.15, 0.2) is 5.11 Å². The summed E-state index contributed by atoms with van der Waals surface area (Å²) in [5, 5.41) is 7.52. The minimum Gasteiger partial charge on any atom is -0.465 e. The van der Waals surface area contributed by atoms with E-state index in [-0.39, 0.29) is 0 Å². The van der Waals surface area contributed by atoms with Crippen LogP contribution in [0.4, 0.5) is 5.00 Å². The van der Waals surface area contributed by atoms with Crippen LogP contribution in [0.1, 0.15) is 64.1 Å². The summed E-state index contributed by atoms with van der Waals surface area (Å²) in [4.78, 5) is 24.7. The van der Waals surface area contributed by atoms with Crippen LogP contribution in [-0.2, 0) is 9.47 Å². The molecule has 6 nitrogen and oxygen atoms in total. The van der Waals surface area contributed by atoms with Crippen LogP contribution in [0.5, 0.6) is 0 Å². The first-order valence-corrected chi connectivity index (χ1v) is 11.4. The minimum atomic E-state index is -0.500. The summed E-state index contributed by atoms with van der Waals surface area (Å²) >= 11 is 6.70. The highest BCUT2D eigenvalue weighted by molar-refractivity contribution is 7.80. The first-order chi connectivity index (χ1) is 13.8. The van der Waals surface area contributed by atoms with E-state index in [0.717, 1.165) is 35.6 Å². The van der Waals surface area contributed by atoms with Crippen LogP contribution in [0, 0.1) is 30.1 Å². The number of thiophene rings is 1. The largest absolute Gasteiger partial charge is 0.465 e. The molecule has 1 aromatic heterocycles. The molecule has 0 radical (unpaired) electrons. The molecule has 4 fully saturated rings. The average Bonchev–Trinajstić information content (AvgIpc) is 3.00. The van der Waals surface area contributed by atoms with Gasteiger partial charge >= 0.3 is 11.9 Å². The molecule has 0 aromatic carbocycles. The van der Waals surface area contributed by atoms with E-state index in [2.05, 4.69) is 10.6 Å². The Morgan fingerprint density at radius 2 is 1.62 bits per heavy atom. The van der Waals surface area contributed by atoms with Crippen LogP contribution in [0.2, 0.25) is 0 Å². The zero-order valence-electron chi connectivity index (χ0n) is 17.1. The van der Waals surface area contributed by atoms with Gasteiger partial charge in [-0.15, -0.1) is 11.3 Å². The van der Waals surface area contributed by atoms with E-state index < -0.39 is 11.9 Å². The molecule has 4 aliphatic carbocycles. The van der Waals surface area contributed by atoms with Gasteiger partial charge in [0.05, 0.1) is 19.8 Å². The van der Waals surface area contributed by atoms with Crippen molar-refractivity contribution in [3.63, 3.8) is 0 Å². The molecule has 4 bridgehead atoms. The fraction of sp³-hybridized carbons (Fsp3) is 0.667. The molecule has 0 amide bonds. The van der Waals surface area contributed by atoms with Gasteiger partial charge in [0.2, 0.25) is 0 Å². The van der Waals surface area contributed by atoms with E-state index in [9.17, 15) is 9.59 Å². The van der Waals surface area contributed by atoms with E-state index >= 15 is 0 Å². The van der Waals surface area contributed by atoms with Crippen molar-refractivity contribution < 1.29 is 19.1 Å². The Hall–Kier alpha value is -1.67. The first kappa shape index (κ1) is 20.6. The van der Waals surface area contributed by atoms with Crippen molar-refractivity contribution >= 4 is 45.6 Å². The average molecular weight is 437 g/mol. The lowest BCUT2D eigenvalue weighted by atomic mass is 9.49. The number of carbonyl (C=O) groups is 2. The molecule has 0 spiro atoms. The van der Waals surface area contributed by atoms with Crippen molar-refractivity contribution in [2.75, 3.05) is 26.1 Å². The van der Waals surface area contributed by atoms with Gasteiger partial charge in [0.1, 0.15) is 9.88 Å². The van der Waals surface area contributed by atoms with Crippen LogP contribution in [0.25, 0.3) is 0 Å². The highest BCUT2D eigenvalue weighted by Crippen LogP contribution is 2.59.